The molecule has 0 spiro atoms. The van der Waals surface area contributed by atoms with Crippen molar-refractivity contribution in [2.45, 2.75) is 25.3 Å². The number of halogens is 1. The van der Waals surface area contributed by atoms with Gasteiger partial charge in [-0.2, -0.15) is 5.10 Å². The molecule has 1 aromatic heterocycles. The van der Waals surface area contributed by atoms with Crippen LogP contribution in [0.15, 0.2) is 36.7 Å². The van der Waals surface area contributed by atoms with Crippen molar-refractivity contribution in [1.29, 1.82) is 0 Å². The Balaban J connectivity index is 2.10. The third-order valence-corrected chi connectivity index (χ3v) is 3.51. The monoisotopic (exact) mass is 263 g/mol. The van der Waals surface area contributed by atoms with Gasteiger partial charge in [-0.3, -0.25) is 4.68 Å². The molecule has 4 heteroatoms. The van der Waals surface area contributed by atoms with Crippen LogP contribution in [0.5, 0.6) is 0 Å². The van der Waals surface area contributed by atoms with Gasteiger partial charge in [-0.05, 0) is 37.0 Å². The molecule has 0 radical (unpaired) electrons. The van der Waals surface area contributed by atoms with Gasteiger partial charge in [0.2, 0.25) is 0 Å². The second-order valence-corrected chi connectivity index (χ2v) is 5.33. The van der Waals surface area contributed by atoms with Gasteiger partial charge in [0, 0.05) is 23.8 Å². The van der Waals surface area contributed by atoms with Crippen molar-refractivity contribution >= 4 is 11.6 Å². The van der Waals surface area contributed by atoms with E-state index < -0.39 is 5.54 Å². The fourth-order valence-corrected chi connectivity index (χ4v) is 2.42. The van der Waals surface area contributed by atoms with Crippen molar-refractivity contribution in [2.75, 3.05) is 0 Å². The van der Waals surface area contributed by atoms with Crippen LogP contribution in [0, 0.1) is 0 Å². The highest BCUT2D eigenvalue weighted by Crippen LogP contribution is 2.29. The lowest BCUT2D eigenvalue weighted by molar-refractivity contribution is 0.453. The molecule has 0 fully saturated rings. The van der Waals surface area contributed by atoms with E-state index >= 15 is 0 Å². The van der Waals surface area contributed by atoms with Crippen molar-refractivity contribution < 1.29 is 0 Å². The summed E-state index contributed by atoms with van der Waals surface area (Å²) >= 11 is 6.20. The van der Waals surface area contributed by atoms with Crippen LogP contribution in [0.1, 0.15) is 24.5 Å². The average molecular weight is 264 g/mol. The van der Waals surface area contributed by atoms with Gasteiger partial charge >= 0.3 is 0 Å². The lowest BCUT2D eigenvalue weighted by atomic mass is 9.87. The Morgan fingerprint density at radius 3 is 2.72 bits per heavy atom. The quantitative estimate of drug-likeness (QED) is 0.922. The molecule has 0 aliphatic heterocycles. The first-order valence-corrected chi connectivity index (χ1v) is 6.38. The van der Waals surface area contributed by atoms with Crippen LogP contribution in [0.2, 0.25) is 5.02 Å². The zero-order valence-electron chi connectivity index (χ0n) is 10.7. The summed E-state index contributed by atoms with van der Waals surface area (Å²) in [6, 6.07) is 7.76. The SMILES string of the molecule is Cn1cc(CCC(C)(N)c2ccccc2Cl)cn1. The first-order chi connectivity index (χ1) is 8.49. The molecule has 0 saturated carbocycles. The molecule has 0 aliphatic carbocycles. The standard InChI is InChI=1S/C14H18ClN3/c1-14(16,12-5-3-4-6-13(12)15)8-7-11-9-17-18(2)10-11/h3-6,9-10H,7-8,16H2,1-2H3. The topological polar surface area (TPSA) is 43.8 Å². The summed E-state index contributed by atoms with van der Waals surface area (Å²) in [6.07, 6.45) is 5.62. The van der Waals surface area contributed by atoms with E-state index in [9.17, 15) is 0 Å². The van der Waals surface area contributed by atoms with E-state index in [0.717, 1.165) is 23.4 Å². The van der Waals surface area contributed by atoms with Crippen molar-refractivity contribution in [3.63, 3.8) is 0 Å². The van der Waals surface area contributed by atoms with Gasteiger partial charge in [-0.25, -0.2) is 0 Å². The Morgan fingerprint density at radius 1 is 1.39 bits per heavy atom. The molecule has 2 N–H and O–H groups in total. The largest absolute Gasteiger partial charge is 0.322 e. The highest BCUT2D eigenvalue weighted by Gasteiger charge is 2.23. The number of aromatic nitrogens is 2. The van der Waals surface area contributed by atoms with Crippen LogP contribution < -0.4 is 5.73 Å². The van der Waals surface area contributed by atoms with E-state index in [1.807, 2.05) is 50.6 Å². The van der Waals surface area contributed by atoms with Gasteiger partial charge in [0.05, 0.1) is 6.20 Å². The molecule has 3 nitrogen and oxygen atoms in total. The zero-order valence-corrected chi connectivity index (χ0v) is 11.5. The van der Waals surface area contributed by atoms with E-state index in [-0.39, 0.29) is 0 Å². The summed E-state index contributed by atoms with van der Waals surface area (Å²) in [4.78, 5) is 0. The highest BCUT2D eigenvalue weighted by molar-refractivity contribution is 6.31. The van der Waals surface area contributed by atoms with E-state index in [1.54, 1.807) is 4.68 Å². The van der Waals surface area contributed by atoms with E-state index in [2.05, 4.69) is 5.10 Å². The molecule has 0 aliphatic rings. The maximum Gasteiger partial charge on any atom is 0.0521 e. The molecule has 2 rings (SSSR count). The number of benzene rings is 1. The van der Waals surface area contributed by atoms with Gasteiger partial charge in [-0.1, -0.05) is 29.8 Å². The van der Waals surface area contributed by atoms with Gasteiger partial charge in [0.1, 0.15) is 0 Å². The van der Waals surface area contributed by atoms with Crippen LogP contribution in [0.3, 0.4) is 0 Å². The average Bonchev–Trinajstić information content (AvgIpc) is 2.73. The molecule has 1 aromatic carbocycles. The van der Waals surface area contributed by atoms with E-state index in [1.165, 1.54) is 5.56 Å². The van der Waals surface area contributed by atoms with Crippen molar-refractivity contribution in [1.82, 2.24) is 9.78 Å². The Hall–Kier alpha value is -1.32. The number of rotatable bonds is 4. The fraction of sp³-hybridized carbons (Fsp3) is 0.357. The Kier molecular flexibility index (Phi) is 3.73. The minimum atomic E-state index is -0.422. The number of nitrogens with two attached hydrogens (primary N) is 1. The first-order valence-electron chi connectivity index (χ1n) is 6.00. The number of nitrogens with zero attached hydrogens (tertiary/aromatic N) is 2. The van der Waals surface area contributed by atoms with Gasteiger partial charge < -0.3 is 5.73 Å². The molecular weight excluding hydrogens is 246 g/mol. The van der Waals surface area contributed by atoms with E-state index in [0.29, 0.717) is 0 Å². The zero-order chi connectivity index (χ0) is 13.2. The molecule has 1 unspecified atom stereocenters. The predicted molar refractivity (Wildman–Crippen MR) is 74.5 cm³/mol. The maximum atomic E-state index is 6.38. The summed E-state index contributed by atoms with van der Waals surface area (Å²) in [5, 5.41) is 4.89. The van der Waals surface area contributed by atoms with Crippen LogP contribution in [-0.2, 0) is 19.0 Å². The summed E-state index contributed by atoms with van der Waals surface area (Å²) in [7, 11) is 1.92. The summed E-state index contributed by atoms with van der Waals surface area (Å²) in [5.41, 5.74) is 8.15. The summed E-state index contributed by atoms with van der Waals surface area (Å²) < 4.78 is 1.80. The lowest BCUT2D eigenvalue weighted by Crippen LogP contribution is -2.33. The highest BCUT2D eigenvalue weighted by atomic mass is 35.5. The lowest BCUT2D eigenvalue weighted by Gasteiger charge is -2.26. The third-order valence-electron chi connectivity index (χ3n) is 3.18. The fourth-order valence-electron chi connectivity index (χ4n) is 2.06. The smallest absolute Gasteiger partial charge is 0.0521 e. The van der Waals surface area contributed by atoms with Gasteiger partial charge in [0.25, 0.3) is 0 Å². The molecule has 2 aromatic rings. The molecular formula is C14H18ClN3. The Bertz CT molecular complexity index is 531. The predicted octanol–water partition coefficient (Wildman–Crippen LogP) is 2.88. The molecule has 0 bridgehead atoms. The number of aryl methyl sites for hydroxylation is 2. The molecule has 96 valence electrons. The third kappa shape index (κ3) is 2.92. The molecule has 0 amide bonds. The molecule has 1 atom stereocenters. The number of hydrogen-bond acceptors (Lipinski definition) is 2. The van der Waals surface area contributed by atoms with Crippen molar-refractivity contribution in [3.8, 4) is 0 Å². The normalized spacial score (nSPS) is 14.4. The second-order valence-electron chi connectivity index (χ2n) is 4.92. The van der Waals surface area contributed by atoms with Crippen LogP contribution in [-0.4, -0.2) is 9.78 Å². The van der Waals surface area contributed by atoms with Crippen molar-refractivity contribution in [2.24, 2.45) is 12.8 Å². The molecule has 1 heterocycles. The molecule has 18 heavy (non-hydrogen) atoms. The van der Waals surface area contributed by atoms with Crippen LogP contribution in [0.4, 0.5) is 0 Å². The summed E-state index contributed by atoms with van der Waals surface area (Å²) in [5.74, 6) is 0. The summed E-state index contributed by atoms with van der Waals surface area (Å²) in [6.45, 7) is 2.02. The first kappa shape index (κ1) is 13.1. The maximum absolute atomic E-state index is 6.38. The Morgan fingerprint density at radius 2 is 2.11 bits per heavy atom. The number of hydrogen-bond donors (Lipinski definition) is 1. The minimum absolute atomic E-state index is 0.422. The Labute approximate surface area is 113 Å². The van der Waals surface area contributed by atoms with Crippen LogP contribution in [0.25, 0.3) is 0 Å². The van der Waals surface area contributed by atoms with Crippen molar-refractivity contribution in [3.05, 3.63) is 52.8 Å². The van der Waals surface area contributed by atoms with Gasteiger partial charge in [-0.15, -0.1) is 0 Å². The van der Waals surface area contributed by atoms with Crippen LogP contribution >= 0.6 is 11.6 Å². The molecule has 0 saturated heterocycles. The van der Waals surface area contributed by atoms with Gasteiger partial charge in [0.15, 0.2) is 0 Å². The minimum Gasteiger partial charge on any atom is -0.322 e. The van der Waals surface area contributed by atoms with E-state index in [4.69, 9.17) is 17.3 Å². The second kappa shape index (κ2) is 5.12.